The molecule has 0 N–H and O–H groups in total. The van der Waals surface area contributed by atoms with Crippen LogP contribution in [-0.2, 0) is 0 Å². The van der Waals surface area contributed by atoms with Crippen molar-refractivity contribution in [2.24, 2.45) is 0 Å². The Morgan fingerprint density at radius 1 is 1.40 bits per heavy atom. The molecule has 0 fully saturated rings. The van der Waals surface area contributed by atoms with Gasteiger partial charge in [-0.05, 0) is 6.92 Å². The first-order chi connectivity index (χ1) is 7.13. The summed E-state index contributed by atoms with van der Waals surface area (Å²) in [6, 6.07) is 0.112. The molecule has 0 atom stereocenters. The van der Waals surface area contributed by atoms with E-state index in [4.69, 9.17) is 16.3 Å². The monoisotopic (exact) mass is 227 g/mol. The van der Waals surface area contributed by atoms with Crippen LogP contribution >= 0.6 is 11.6 Å². The molecule has 6 heteroatoms. The molecule has 0 aliphatic rings. The van der Waals surface area contributed by atoms with Gasteiger partial charge in [0.1, 0.15) is 5.52 Å². The minimum Gasteiger partial charge on any atom is -0.467 e. The van der Waals surface area contributed by atoms with Gasteiger partial charge in [0.2, 0.25) is 0 Å². The van der Waals surface area contributed by atoms with Gasteiger partial charge in [0.15, 0.2) is 11.0 Å². The molecule has 78 valence electrons. The first-order valence-electron chi connectivity index (χ1n) is 4.16. The van der Waals surface area contributed by atoms with Gasteiger partial charge in [-0.15, -0.1) is 0 Å². The van der Waals surface area contributed by atoms with Gasteiger partial charge in [-0.3, -0.25) is 0 Å². The van der Waals surface area contributed by atoms with E-state index in [1.807, 2.05) is 0 Å². The number of methoxy groups -OCH3 is 1. The number of nitrogens with zero attached hydrogens (tertiary/aromatic N) is 3. The van der Waals surface area contributed by atoms with Crippen molar-refractivity contribution in [2.45, 2.75) is 6.92 Å². The van der Waals surface area contributed by atoms with Crippen LogP contribution in [0.1, 0.15) is 5.69 Å². The lowest BCUT2D eigenvalue weighted by molar-refractivity contribution is 0.380. The molecule has 0 radical (unpaired) electrons. The summed E-state index contributed by atoms with van der Waals surface area (Å²) in [5.41, 5.74) is 0.722. The van der Waals surface area contributed by atoms with Crippen molar-refractivity contribution in [3.63, 3.8) is 0 Å². The van der Waals surface area contributed by atoms with E-state index >= 15 is 0 Å². The molecule has 0 spiro atoms. The second kappa shape index (κ2) is 3.58. The lowest BCUT2D eigenvalue weighted by atomic mass is 10.2. The Morgan fingerprint density at radius 2 is 2.13 bits per heavy atom. The fourth-order valence-electron chi connectivity index (χ4n) is 1.24. The number of pyridine rings is 1. The first kappa shape index (κ1) is 10.0. The van der Waals surface area contributed by atoms with E-state index in [0.29, 0.717) is 11.1 Å². The molecule has 2 heterocycles. The average Bonchev–Trinajstić information content (AvgIpc) is 2.23. The third-order valence-corrected chi connectivity index (χ3v) is 2.26. The summed E-state index contributed by atoms with van der Waals surface area (Å²) in [6.45, 7) is 1.72. The molecule has 2 aromatic heterocycles. The zero-order valence-corrected chi connectivity index (χ0v) is 8.84. The average molecular weight is 228 g/mol. The number of aryl methyl sites for hydroxylation is 1. The molecule has 0 bridgehead atoms. The van der Waals surface area contributed by atoms with Gasteiger partial charge in [-0.1, -0.05) is 11.6 Å². The van der Waals surface area contributed by atoms with Crippen LogP contribution in [0.4, 0.5) is 4.39 Å². The van der Waals surface area contributed by atoms with E-state index in [1.165, 1.54) is 13.3 Å². The van der Waals surface area contributed by atoms with Crippen LogP contribution in [0.5, 0.6) is 6.01 Å². The van der Waals surface area contributed by atoms with Gasteiger partial charge in [0, 0.05) is 11.6 Å². The van der Waals surface area contributed by atoms with Gasteiger partial charge >= 0.3 is 6.01 Å². The number of aromatic nitrogens is 3. The number of hydrogen-bond donors (Lipinski definition) is 0. The highest BCUT2D eigenvalue weighted by molar-refractivity contribution is 6.30. The lowest BCUT2D eigenvalue weighted by Gasteiger charge is -2.04. The quantitative estimate of drug-likeness (QED) is 0.701. The van der Waals surface area contributed by atoms with Crippen LogP contribution in [0, 0.1) is 12.7 Å². The summed E-state index contributed by atoms with van der Waals surface area (Å²) in [5.74, 6) is -0.655. The molecular formula is C9H7ClFN3O. The van der Waals surface area contributed by atoms with Crippen LogP contribution < -0.4 is 4.74 Å². The molecule has 0 aliphatic heterocycles. The highest BCUT2D eigenvalue weighted by Gasteiger charge is 2.12. The molecule has 0 aromatic carbocycles. The Morgan fingerprint density at radius 3 is 2.80 bits per heavy atom. The van der Waals surface area contributed by atoms with E-state index in [1.54, 1.807) is 6.92 Å². The predicted octanol–water partition coefficient (Wildman–Crippen LogP) is 2.13. The maximum atomic E-state index is 13.6. The predicted molar refractivity (Wildman–Crippen MR) is 53.6 cm³/mol. The minimum absolute atomic E-state index is 0.112. The number of rotatable bonds is 1. The summed E-state index contributed by atoms with van der Waals surface area (Å²) in [4.78, 5) is 11.6. The minimum atomic E-state index is -0.655. The molecule has 0 unspecified atom stereocenters. The van der Waals surface area contributed by atoms with Crippen LogP contribution in [0.15, 0.2) is 6.20 Å². The Balaban J connectivity index is 2.86. The maximum absolute atomic E-state index is 13.6. The van der Waals surface area contributed by atoms with Crippen LogP contribution in [0.3, 0.4) is 0 Å². The highest BCUT2D eigenvalue weighted by atomic mass is 35.5. The third-order valence-electron chi connectivity index (χ3n) is 1.99. The molecule has 4 nitrogen and oxygen atoms in total. The van der Waals surface area contributed by atoms with Crippen molar-refractivity contribution in [2.75, 3.05) is 7.11 Å². The van der Waals surface area contributed by atoms with Crippen molar-refractivity contribution < 1.29 is 9.13 Å². The summed E-state index contributed by atoms with van der Waals surface area (Å²) in [7, 11) is 1.42. The fraction of sp³-hybridized carbons (Fsp3) is 0.222. The Bertz CT molecular complexity index is 532. The van der Waals surface area contributed by atoms with Crippen LogP contribution in [0.25, 0.3) is 10.9 Å². The normalized spacial score (nSPS) is 10.7. The van der Waals surface area contributed by atoms with Crippen molar-refractivity contribution in [1.82, 2.24) is 15.0 Å². The Labute approximate surface area is 90.1 Å². The third kappa shape index (κ3) is 1.59. The smallest absolute Gasteiger partial charge is 0.316 e. The van der Waals surface area contributed by atoms with E-state index in [-0.39, 0.29) is 16.7 Å². The van der Waals surface area contributed by atoms with Crippen molar-refractivity contribution in [1.29, 1.82) is 0 Å². The maximum Gasteiger partial charge on any atom is 0.316 e. The lowest BCUT2D eigenvalue weighted by Crippen LogP contribution is -1.98. The second-order valence-corrected chi connectivity index (χ2v) is 3.28. The number of fused-ring (bicyclic) bond motifs is 1. The molecule has 0 aliphatic carbocycles. The Kier molecular flexibility index (Phi) is 2.40. The van der Waals surface area contributed by atoms with Crippen molar-refractivity contribution in [3.8, 4) is 6.01 Å². The van der Waals surface area contributed by atoms with Gasteiger partial charge in [0.05, 0.1) is 12.8 Å². The van der Waals surface area contributed by atoms with Crippen LogP contribution in [0.2, 0.25) is 5.15 Å². The van der Waals surface area contributed by atoms with E-state index in [9.17, 15) is 4.39 Å². The molecule has 0 amide bonds. The topological polar surface area (TPSA) is 47.9 Å². The van der Waals surface area contributed by atoms with Crippen molar-refractivity contribution >= 4 is 22.5 Å². The van der Waals surface area contributed by atoms with Gasteiger partial charge < -0.3 is 4.74 Å². The van der Waals surface area contributed by atoms with Gasteiger partial charge in [-0.2, -0.15) is 9.97 Å². The van der Waals surface area contributed by atoms with E-state index < -0.39 is 5.82 Å². The standard InChI is InChI=1S/C9H7ClFN3O/c1-4-5-3-12-8(10)6(11)7(5)14-9(13-4)15-2/h3H,1-2H3. The SMILES string of the molecule is COc1nc(C)c2cnc(Cl)c(F)c2n1. The molecular weight excluding hydrogens is 221 g/mol. The van der Waals surface area contributed by atoms with E-state index in [2.05, 4.69) is 15.0 Å². The summed E-state index contributed by atoms with van der Waals surface area (Å²) < 4.78 is 18.4. The Hall–Kier alpha value is -1.49. The molecule has 0 saturated heterocycles. The van der Waals surface area contributed by atoms with Gasteiger partial charge in [0.25, 0.3) is 0 Å². The second-order valence-electron chi connectivity index (χ2n) is 2.92. The van der Waals surface area contributed by atoms with Crippen molar-refractivity contribution in [3.05, 3.63) is 22.9 Å². The first-order valence-corrected chi connectivity index (χ1v) is 4.53. The number of hydrogen-bond acceptors (Lipinski definition) is 4. The zero-order valence-electron chi connectivity index (χ0n) is 8.08. The largest absolute Gasteiger partial charge is 0.467 e. The van der Waals surface area contributed by atoms with Crippen LogP contribution in [-0.4, -0.2) is 22.1 Å². The fourth-order valence-corrected chi connectivity index (χ4v) is 1.38. The summed E-state index contributed by atoms with van der Waals surface area (Å²) in [5, 5.41) is 0.320. The summed E-state index contributed by atoms with van der Waals surface area (Å²) >= 11 is 5.55. The molecule has 2 aromatic rings. The van der Waals surface area contributed by atoms with Gasteiger partial charge in [-0.25, -0.2) is 9.37 Å². The number of ether oxygens (including phenoxy) is 1. The molecule has 15 heavy (non-hydrogen) atoms. The summed E-state index contributed by atoms with van der Waals surface area (Å²) in [6.07, 6.45) is 1.44. The van der Waals surface area contributed by atoms with E-state index in [0.717, 1.165) is 0 Å². The highest BCUT2D eigenvalue weighted by Crippen LogP contribution is 2.23. The zero-order chi connectivity index (χ0) is 11.0. The molecule has 0 saturated carbocycles. The number of halogens is 2. The molecule has 2 rings (SSSR count).